The van der Waals surface area contributed by atoms with Crippen LogP contribution in [0.5, 0.6) is 23.0 Å². The van der Waals surface area contributed by atoms with E-state index in [1.807, 2.05) is 24.3 Å². The standard InChI is InChI=1S/C48H62O6/c1-38(54-46-31-23-42(24-32-46)41-21-29-45(30-22-41)51-35-48-37-53-48)16-14-12-10-8-6-4-2-3-5-7-9-11-13-15-33-49-43-25-17-39(18-26-43)40-19-27-44(28-20-40)50-34-47-36-52-47/h17-32,38,47-48H,2-16,33-37H2,1H3. The molecular weight excluding hydrogens is 673 g/mol. The van der Waals surface area contributed by atoms with E-state index < -0.39 is 0 Å². The van der Waals surface area contributed by atoms with Gasteiger partial charge in [0.1, 0.15) is 48.4 Å². The van der Waals surface area contributed by atoms with Crippen LogP contribution in [0, 0.1) is 0 Å². The van der Waals surface area contributed by atoms with Crippen molar-refractivity contribution in [3.05, 3.63) is 97.1 Å². The summed E-state index contributed by atoms with van der Waals surface area (Å²) < 4.78 is 34.1. The van der Waals surface area contributed by atoms with Crippen LogP contribution in [0.2, 0.25) is 0 Å². The van der Waals surface area contributed by atoms with Gasteiger partial charge in [0.15, 0.2) is 0 Å². The minimum absolute atomic E-state index is 0.240. The highest BCUT2D eigenvalue weighted by molar-refractivity contribution is 5.65. The Hall–Kier alpha value is -4.00. The Bertz CT molecular complexity index is 1580. The summed E-state index contributed by atoms with van der Waals surface area (Å²) in [6.07, 6.45) is 20.5. The predicted molar refractivity (Wildman–Crippen MR) is 219 cm³/mol. The van der Waals surface area contributed by atoms with E-state index in [9.17, 15) is 0 Å². The molecule has 4 aromatic carbocycles. The first-order valence-corrected chi connectivity index (χ1v) is 20.9. The van der Waals surface area contributed by atoms with Crippen LogP contribution in [0.3, 0.4) is 0 Å². The zero-order valence-electron chi connectivity index (χ0n) is 32.6. The molecule has 6 heteroatoms. The number of unbranched alkanes of at least 4 members (excludes halogenated alkanes) is 13. The summed E-state index contributed by atoms with van der Waals surface area (Å²) in [6.45, 7) is 5.89. The molecule has 4 aromatic rings. The third kappa shape index (κ3) is 15.0. The van der Waals surface area contributed by atoms with Crippen molar-refractivity contribution in [2.24, 2.45) is 0 Å². The molecule has 0 N–H and O–H groups in total. The summed E-state index contributed by atoms with van der Waals surface area (Å²) in [6, 6.07) is 33.4. The minimum atomic E-state index is 0.240. The SMILES string of the molecule is CC(CCCCCCCCCCCCCCCCOc1ccc(-c2ccc(OCC3CO3)cc2)cc1)Oc1ccc(-c2ccc(OCC3CO3)cc2)cc1. The average molecular weight is 735 g/mol. The molecule has 6 nitrogen and oxygen atoms in total. The topological polar surface area (TPSA) is 62.0 Å². The van der Waals surface area contributed by atoms with Crippen molar-refractivity contribution in [2.45, 2.75) is 122 Å². The maximum Gasteiger partial charge on any atom is 0.119 e. The highest BCUT2D eigenvalue weighted by Crippen LogP contribution is 2.27. The fraction of sp³-hybridized carbons (Fsp3) is 0.500. The first kappa shape index (κ1) is 39.7. The van der Waals surface area contributed by atoms with Crippen LogP contribution in [-0.4, -0.2) is 51.3 Å². The molecule has 2 saturated heterocycles. The van der Waals surface area contributed by atoms with Crippen molar-refractivity contribution in [1.29, 1.82) is 0 Å². The molecule has 3 unspecified atom stereocenters. The summed E-state index contributed by atoms with van der Waals surface area (Å²) >= 11 is 0. The number of epoxide rings is 2. The third-order valence-corrected chi connectivity index (χ3v) is 10.4. The van der Waals surface area contributed by atoms with Gasteiger partial charge in [-0.25, -0.2) is 0 Å². The maximum atomic E-state index is 6.21. The van der Waals surface area contributed by atoms with Gasteiger partial charge < -0.3 is 28.4 Å². The molecule has 2 heterocycles. The Morgan fingerprint density at radius 2 is 0.741 bits per heavy atom. The Labute approximate surface area is 324 Å². The molecule has 54 heavy (non-hydrogen) atoms. The summed E-state index contributed by atoms with van der Waals surface area (Å²) in [5.41, 5.74) is 4.73. The molecule has 0 amide bonds. The van der Waals surface area contributed by atoms with Crippen LogP contribution < -0.4 is 18.9 Å². The molecular formula is C48H62O6. The van der Waals surface area contributed by atoms with Gasteiger partial charge >= 0.3 is 0 Å². The van der Waals surface area contributed by atoms with Crippen LogP contribution in [0.15, 0.2) is 97.1 Å². The van der Waals surface area contributed by atoms with E-state index in [1.165, 1.54) is 106 Å². The largest absolute Gasteiger partial charge is 0.494 e. The fourth-order valence-electron chi connectivity index (χ4n) is 6.80. The number of benzene rings is 4. The second-order valence-corrected chi connectivity index (χ2v) is 15.1. The van der Waals surface area contributed by atoms with Crippen molar-refractivity contribution in [1.82, 2.24) is 0 Å². The van der Waals surface area contributed by atoms with Gasteiger partial charge in [0.25, 0.3) is 0 Å². The fourth-order valence-corrected chi connectivity index (χ4v) is 6.80. The Morgan fingerprint density at radius 1 is 0.426 bits per heavy atom. The van der Waals surface area contributed by atoms with Gasteiger partial charge in [-0.1, -0.05) is 126 Å². The van der Waals surface area contributed by atoms with Crippen molar-refractivity contribution in [2.75, 3.05) is 33.0 Å². The van der Waals surface area contributed by atoms with Crippen LogP contribution in [-0.2, 0) is 9.47 Å². The minimum Gasteiger partial charge on any atom is -0.494 e. The van der Waals surface area contributed by atoms with E-state index in [0.717, 1.165) is 55.7 Å². The van der Waals surface area contributed by atoms with Gasteiger partial charge in [-0.05, 0) is 97.0 Å². The van der Waals surface area contributed by atoms with Crippen LogP contribution in [0.4, 0.5) is 0 Å². The summed E-state index contributed by atoms with van der Waals surface area (Å²) in [5, 5.41) is 0. The van der Waals surface area contributed by atoms with E-state index in [4.69, 9.17) is 28.4 Å². The van der Waals surface area contributed by atoms with Crippen LogP contribution >= 0.6 is 0 Å². The first-order valence-electron chi connectivity index (χ1n) is 20.9. The second-order valence-electron chi connectivity index (χ2n) is 15.1. The highest BCUT2D eigenvalue weighted by atomic mass is 16.6. The molecule has 0 spiro atoms. The Balaban J connectivity index is 0.688. The van der Waals surface area contributed by atoms with E-state index >= 15 is 0 Å². The van der Waals surface area contributed by atoms with E-state index in [-0.39, 0.29) is 18.3 Å². The summed E-state index contributed by atoms with van der Waals surface area (Å²) in [7, 11) is 0. The molecule has 2 aliphatic heterocycles. The maximum absolute atomic E-state index is 6.21. The van der Waals surface area contributed by atoms with Gasteiger partial charge in [0, 0.05) is 0 Å². The van der Waals surface area contributed by atoms with E-state index in [0.29, 0.717) is 13.2 Å². The lowest BCUT2D eigenvalue weighted by atomic mass is 10.0. The number of rotatable bonds is 28. The Kier molecular flexibility index (Phi) is 16.5. The monoisotopic (exact) mass is 734 g/mol. The molecule has 0 bridgehead atoms. The van der Waals surface area contributed by atoms with Crippen molar-refractivity contribution in [3.8, 4) is 45.3 Å². The molecule has 2 aliphatic rings. The van der Waals surface area contributed by atoms with Gasteiger partial charge in [-0.2, -0.15) is 0 Å². The number of hydrogen-bond donors (Lipinski definition) is 0. The molecule has 290 valence electrons. The predicted octanol–water partition coefficient (Wildman–Crippen LogP) is 12.3. The molecule has 0 saturated carbocycles. The molecule has 3 atom stereocenters. The van der Waals surface area contributed by atoms with Crippen molar-refractivity contribution >= 4 is 0 Å². The lowest BCUT2D eigenvalue weighted by Crippen LogP contribution is -2.11. The lowest BCUT2D eigenvalue weighted by Gasteiger charge is -2.15. The third-order valence-electron chi connectivity index (χ3n) is 10.4. The lowest BCUT2D eigenvalue weighted by molar-refractivity contribution is 0.206. The first-order chi connectivity index (χ1) is 26.7. The van der Waals surface area contributed by atoms with Crippen molar-refractivity contribution < 1.29 is 28.4 Å². The van der Waals surface area contributed by atoms with Gasteiger partial charge in [-0.3, -0.25) is 0 Å². The number of ether oxygens (including phenoxy) is 6. The van der Waals surface area contributed by atoms with Gasteiger partial charge in [0.05, 0.1) is 25.9 Å². The average Bonchev–Trinajstić information content (AvgIpc) is 4.15. The molecule has 0 aliphatic carbocycles. The highest BCUT2D eigenvalue weighted by Gasteiger charge is 2.23. The van der Waals surface area contributed by atoms with Crippen molar-refractivity contribution in [3.63, 3.8) is 0 Å². The zero-order valence-corrected chi connectivity index (χ0v) is 32.6. The second kappa shape index (κ2) is 22.4. The Morgan fingerprint density at radius 3 is 1.11 bits per heavy atom. The summed E-state index contributed by atoms with van der Waals surface area (Å²) in [4.78, 5) is 0. The zero-order chi connectivity index (χ0) is 37.0. The van der Waals surface area contributed by atoms with E-state index in [2.05, 4.69) is 79.7 Å². The smallest absolute Gasteiger partial charge is 0.119 e. The van der Waals surface area contributed by atoms with Crippen LogP contribution in [0.25, 0.3) is 22.3 Å². The van der Waals surface area contributed by atoms with Gasteiger partial charge in [-0.15, -0.1) is 0 Å². The molecule has 0 aromatic heterocycles. The quantitative estimate of drug-likeness (QED) is 0.0428. The molecule has 0 radical (unpaired) electrons. The molecule has 2 fully saturated rings. The normalized spacial score (nSPS) is 16.5. The number of hydrogen-bond acceptors (Lipinski definition) is 6. The van der Waals surface area contributed by atoms with Crippen LogP contribution in [0.1, 0.15) is 103 Å². The van der Waals surface area contributed by atoms with Gasteiger partial charge in [0.2, 0.25) is 0 Å². The molecule has 6 rings (SSSR count). The summed E-state index contributed by atoms with van der Waals surface area (Å²) in [5.74, 6) is 3.68. The van der Waals surface area contributed by atoms with E-state index in [1.54, 1.807) is 0 Å².